The summed E-state index contributed by atoms with van der Waals surface area (Å²) in [5.41, 5.74) is 1.28. The van der Waals surface area contributed by atoms with Gasteiger partial charge in [0.2, 0.25) is 5.91 Å². The van der Waals surface area contributed by atoms with Gasteiger partial charge in [-0.05, 0) is 5.56 Å². The van der Waals surface area contributed by atoms with Crippen molar-refractivity contribution in [1.82, 2.24) is 25.0 Å². The maximum atomic E-state index is 12.1. The molecule has 1 atom stereocenters. The van der Waals surface area contributed by atoms with Crippen molar-refractivity contribution >= 4 is 5.91 Å². The van der Waals surface area contributed by atoms with Crippen molar-refractivity contribution in [3.05, 3.63) is 48.0 Å². The number of benzene rings is 1. The molecule has 1 N–H and O–H groups in total. The Morgan fingerprint density at radius 2 is 2.21 bits per heavy atom. The van der Waals surface area contributed by atoms with Crippen LogP contribution in [0.3, 0.4) is 0 Å². The number of aryl methyl sites for hydroxylation is 1. The molecule has 24 heavy (non-hydrogen) atoms. The van der Waals surface area contributed by atoms with Gasteiger partial charge in [0, 0.05) is 26.7 Å². The second kappa shape index (κ2) is 8.03. The quantitative estimate of drug-likeness (QED) is 0.845. The van der Waals surface area contributed by atoms with Gasteiger partial charge in [0.15, 0.2) is 5.82 Å². The van der Waals surface area contributed by atoms with Crippen LogP contribution in [0, 0.1) is 0 Å². The van der Waals surface area contributed by atoms with Gasteiger partial charge in [-0.3, -0.25) is 9.69 Å². The van der Waals surface area contributed by atoms with Crippen LogP contribution in [0.2, 0.25) is 0 Å². The second-order valence-electron chi connectivity index (χ2n) is 6.05. The summed E-state index contributed by atoms with van der Waals surface area (Å²) >= 11 is 0. The van der Waals surface area contributed by atoms with Gasteiger partial charge in [0.05, 0.1) is 25.7 Å². The average molecular weight is 329 g/mol. The molecule has 1 aromatic heterocycles. The smallest absolute Gasteiger partial charge is 0.223 e. The van der Waals surface area contributed by atoms with Gasteiger partial charge in [0.25, 0.3) is 0 Å². The summed E-state index contributed by atoms with van der Waals surface area (Å²) in [6, 6.07) is 10.4. The Hall–Kier alpha value is -2.25. The molecule has 0 saturated carbocycles. The zero-order valence-electron chi connectivity index (χ0n) is 13.9. The Morgan fingerprint density at radius 3 is 2.96 bits per heavy atom. The fourth-order valence-electron chi connectivity index (χ4n) is 2.81. The maximum absolute atomic E-state index is 12.1. The van der Waals surface area contributed by atoms with E-state index >= 15 is 0 Å². The van der Waals surface area contributed by atoms with E-state index in [4.69, 9.17) is 4.74 Å². The lowest BCUT2D eigenvalue weighted by Crippen LogP contribution is -2.44. The number of amides is 1. The molecule has 128 valence electrons. The third-order valence-electron chi connectivity index (χ3n) is 4.13. The molecule has 0 aliphatic carbocycles. The fraction of sp³-hybridized carbons (Fsp3) is 0.471. The molecule has 1 saturated heterocycles. The Morgan fingerprint density at radius 1 is 1.38 bits per heavy atom. The van der Waals surface area contributed by atoms with Crippen LogP contribution in [0.1, 0.15) is 17.8 Å². The molecule has 1 aliphatic rings. The van der Waals surface area contributed by atoms with E-state index in [1.165, 1.54) is 5.56 Å². The lowest BCUT2D eigenvalue weighted by atomic mass is 10.1. The van der Waals surface area contributed by atoms with Crippen LogP contribution in [0.5, 0.6) is 0 Å². The van der Waals surface area contributed by atoms with E-state index in [2.05, 4.69) is 32.5 Å². The maximum Gasteiger partial charge on any atom is 0.223 e. The average Bonchev–Trinajstić information content (AvgIpc) is 2.99. The number of morpholine rings is 1. The molecule has 0 bridgehead atoms. The van der Waals surface area contributed by atoms with Crippen LogP contribution in [0.4, 0.5) is 0 Å². The van der Waals surface area contributed by atoms with Gasteiger partial charge in [-0.1, -0.05) is 30.3 Å². The molecule has 3 rings (SSSR count). The number of ether oxygens (including phenoxy) is 1. The van der Waals surface area contributed by atoms with Crippen LogP contribution in [-0.2, 0) is 29.7 Å². The van der Waals surface area contributed by atoms with Gasteiger partial charge in [-0.2, -0.15) is 0 Å². The Kier molecular flexibility index (Phi) is 5.55. The molecule has 1 unspecified atom stereocenters. The van der Waals surface area contributed by atoms with E-state index in [9.17, 15) is 4.79 Å². The molecule has 7 heteroatoms. The normalized spacial score (nSPS) is 18.5. The number of aromatic nitrogens is 3. The number of nitrogens with one attached hydrogen (secondary N) is 1. The summed E-state index contributed by atoms with van der Waals surface area (Å²) in [4.78, 5) is 14.4. The third kappa shape index (κ3) is 4.62. The molecular formula is C17H23N5O2. The van der Waals surface area contributed by atoms with E-state index < -0.39 is 0 Å². The first-order valence-corrected chi connectivity index (χ1v) is 8.18. The highest BCUT2D eigenvalue weighted by Crippen LogP contribution is 2.12. The van der Waals surface area contributed by atoms with Gasteiger partial charge in [0.1, 0.15) is 6.33 Å². The standard InChI is InChI=1S/C17H23N5O2/c1-21-13-19-20-16(21)10-18-17(23)9-15-12-22(7-8-24-15)11-14-5-3-2-4-6-14/h2-6,13,15H,7-12H2,1H3,(H,18,23). The fourth-order valence-corrected chi connectivity index (χ4v) is 2.81. The summed E-state index contributed by atoms with van der Waals surface area (Å²) in [6.07, 6.45) is 1.91. The summed E-state index contributed by atoms with van der Waals surface area (Å²) < 4.78 is 7.53. The van der Waals surface area contributed by atoms with Crippen LogP contribution in [0.25, 0.3) is 0 Å². The van der Waals surface area contributed by atoms with Crippen molar-refractivity contribution in [3.8, 4) is 0 Å². The molecule has 2 heterocycles. The van der Waals surface area contributed by atoms with Crippen LogP contribution < -0.4 is 5.32 Å². The van der Waals surface area contributed by atoms with Crippen LogP contribution >= 0.6 is 0 Å². The van der Waals surface area contributed by atoms with E-state index in [1.807, 2.05) is 25.2 Å². The first-order chi connectivity index (χ1) is 11.7. The number of carbonyl (C=O) groups excluding carboxylic acids is 1. The van der Waals surface area contributed by atoms with Crippen molar-refractivity contribution in [1.29, 1.82) is 0 Å². The largest absolute Gasteiger partial charge is 0.375 e. The van der Waals surface area contributed by atoms with Gasteiger partial charge in [-0.25, -0.2) is 0 Å². The summed E-state index contributed by atoms with van der Waals surface area (Å²) in [7, 11) is 1.85. The molecule has 1 fully saturated rings. The highest BCUT2D eigenvalue weighted by Gasteiger charge is 2.23. The van der Waals surface area contributed by atoms with Crippen molar-refractivity contribution in [3.63, 3.8) is 0 Å². The van der Waals surface area contributed by atoms with Crippen molar-refractivity contribution < 1.29 is 9.53 Å². The van der Waals surface area contributed by atoms with Crippen molar-refractivity contribution in [2.45, 2.75) is 25.6 Å². The number of hydrogen-bond acceptors (Lipinski definition) is 5. The second-order valence-corrected chi connectivity index (χ2v) is 6.05. The van der Waals surface area contributed by atoms with Crippen molar-refractivity contribution in [2.75, 3.05) is 19.7 Å². The van der Waals surface area contributed by atoms with Crippen LogP contribution in [-0.4, -0.2) is 51.4 Å². The highest BCUT2D eigenvalue weighted by molar-refractivity contribution is 5.76. The molecule has 7 nitrogen and oxygen atoms in total. The third-order valence-corrected chi connectivity index (χ3v) is 4.13. The SMILES string of the molecule is Cn1cnnc1CNC(=O)CC1CN(Cc2ccccc2)CCO1. The van der Waals surface area contributed by atoms with E-state index in [0.717, 1.165) is 25.5 Å². The monoisotopic (exact) mass is 329 g/mol. The predicted molar refractivity (Wildman–Crippen MR) is 88.9 cm³/mol. The number of hydrogen-bond donors (Lipinski definition) is 1. The topological polar surface area (TPSA) is 72.3 Å². The Labute approximate surface area is 141 Å². The molecule has 0 radical (unpaired) electrons. The van der Waals surface area contributed by atoms with Crippen LogP contribution in [0.15, 0.2) is 36.7 Å². The van der Waals surface area contributed by atoms with Gasteiger partial charge < -0.3 is 14.6 Å². The van der Waals surface area contributed by atoms with E-state index in [-0.39, 0.29) is 12.0 Å². The first kappa shape index (κ1) is 16.6. The number of rotatable bonds is 6. The lowest BCUT2D eigenvalue weighted by molar-refractivity contribution is -0.126. The van der Waals surface area contributed by atoms with E-state index in [0.29, 0.717) is 19.6 Å². The number of carbonyl (C=O) groups is 1. The number of nitrogens with zero attached hydrogens (tertiary/aromatic N) is 4. The lowest BCUT2D eigenvalue weighted by Gasteiger charge is -2.32. The molecule has 2 aromatic rings. The highest BCUT2D eigenvalue weighted by atomic mass is 16.5. The zero-order valence-corrected chi connectivity index (χ0v) is 13.9. The summed E-state index contributed by atoms with van der Waals surface area (Å²) in [5.74, 6) is 0.711. The van der Waals surface area contributed by atoms with Crippen molar-refractivity contribution in [2.24, 2.45) is 7.05 Å². The molecule has 0 spiro atoms. The predicted octanol–water partition coefficient (Wildman–Crippen LogP) is 0.722. The molecular weight excluding hydrogens is 306 g/mol. The Bertz CT molecular complexity index is 658. The minimum atomic E-state index is -0.0676. The van der Waals surface area contributed by atoms with Gasteiger partial charge in [-0.15, -0.1) is 10.2 Å². The minimum absolute atomic E-state index is 0.0236. The minimum Gasteiger partial charge on any atom is -0.375 e. The molecule has 1 amide bonds. The first-order valence-electron chi connectivity index (χ1n) is 8.18. The molecule has 1 aromatic carbocycles. The summed E-state index contributed by atoms with van der Waals surface area (Å²) in [6.45, 7) is 3.60. The van der Waals surface area contributed by atoms with E-state index in [1.54, 1.807) is 10.9 Å². The zero-order chi connectivity index (χ0) is 16.8. The van der Waals surface area contributed by atoms with Gasteiger partial charge >= 0.3 is 0 Å². The Balaban J connectivity index is 1.44. The molecule has 1 aliphatic heterocycles. The summed E-state index contributed by atoms with van der Waals surface area (Å²) in [5, 5.41) is 10.6.